The Morgan fingerprint density at radius 1 is 1.09 bits per heavy atom. The first-order valence-corrected chi connectivity index (χ1v) is 7.48. The Morgan fingerprint density at radius 2 is 1.83 bits per heavy atom. The molecule has 1 heterocycles. The molecule has 4 nitrogen and oxygen atoms in total. The Hall–Kier alpha value is -2.75. The average Bonchev–Trinajstić information content (AvgIpc) is 2.83. The number of methoxy groups -OCH3 is 1. The number of hydrogen-bond donors (Lipinski definition) is 0. The molecule has 0 N–H and O–H groups in total. The van der Waals surface area contributed by atoms with Gasteiger partial charge in [-0.1, -0.05) is 48.5 Å². The topological polar surface area (TPSA) is 44.4 Å². The van der Waals surface area contributed by atoms with E-state index in [9.17, 15) is 4.79 Å². The molecule has 3 rings (SSSR count). The van der Waals surface area contributed by atoms with Crippen molar-refractivity contribution in [3.8, 4) is 17.0 Å². The van der Waals surface area contributed by atoms with Crippen molar-refractivity contribution in [1.82, 2.24) is 4.74 Å². The minimum absolute atomic E-state index is 0.353. The van der Waals surface area contributed by atoms with Gasteiger partial charge >= 0.3 is 5.63 Å². The van der Waals surface area contributed by atoms with E-state index in [4.69, 9.17) is 9.26 Å². The van der Waals surface area contributed by atoms with Crippen LogP contribution in [0, 0.1) is 6.92 Å². The fraction of sp³-hybridized carbons (Fsp3) is 0.211. The highest BCUT2D eigenvalue weighted by atomic mass is 16.6. The van der Waals surface area contributed by atoms with Crippen molar-refractivity contribution in [3.05, 3.63) is 75.6 Å². The molecule has 0 saturated carbocycles. The van der Waals surface area contributed by atoms with E-state index in [-0.39, 0.29) is 5.63 Å². The molecule has 3 aromatic rings. The van der Waals surface area contributed by atoms with Crippen LogP contribution < -0.4 is 10.4 Å². The summed E-state index contributed by atoms with van der Waals surface area (Å²) >= 11 is 0. The van der Waals surface area contributed by atoms with E-state index in [1.54, 1.807) is 14.2 Å². The zero-order valence-corrected chi connectivity index (χ0v) is 13.5. The van der Waals surface area contributed by atoms with Gasteiger partial charge in [0.15, 0.2) is 0 Å². The highest BCUT2D eigenvalue weighted by Gasteiger charge is 2.17. The summed E-state index contributed by atoms with van der Waals surface area (Å²) in [5.74, 6) is 0.472. The summed E-state index contributed by atoms with van der Waals surface area (Å²) in [7, 11) is 3.21. The van der Waals surface area contributed by atoms with Gasteiger partial charge in [0.1, 0.15) is 5.56 Å². The second kappa shape index (κ2) is 6.16. The molecule has 118 valence electrons. The van der Waals surface area contributed by atoms with Crippen LogP contribution in [0.15, 0.2) is 57.8 Å². The summed E-state index contributed by atoms with van der Waals surface area (Å²) in [6, 6.07) is 16.5. The molecule has 0 spiro atoms. The Kier molecular flexibility index (Phi) is 4.06. The van der Waals surface area contributed by atoms with E-state index in [1.165, 1.54) is 4.74 Å². The van der Waals surface area contributed by atoms with Crippen molar-refractivity contribution in [2.45, 2.75) is 13.3 Å². The third-order valence-corrected chi connectivity index (χ3v) is 4.03. The van der Waals surface area contributed by atoms with Crippen LogP contribution in [-0.2, 0) is 13.5 Å². The monoisotopic (exact) mass is 309 g/mol. The third kappa shape index (κ3) is 2.93. The summed E-state index contributed by atoms with van der Waals surface area (Å²) in [6.45, 7) is 2.04. The molecule has 0 aliphatic carbocycles. The molecular weight excluding hydrogens is 290 g/mol. The fourth-order valence-corrected chi connectivity index (χ4v) is 2.76. The van der Waals surface area contributed by atoms with E-state index < -0.39 is 0 Å². The van der Waals surface area contributed by atoms with Crippen LogP contribution in [0.2, 0.25) is 0 Å². The van der Waals surface area contributed by atoms with Gasteiger partial charge in [0.2, 0.25) is 5.88 Å². The van der Waals surface area contributed by atoms with Gasteiger partial charge < -0.3 is 9.26 Å². The van der Waals surface area contributed by atoms with Gasteiger partial charge in [-0.15, -0.1) is 0 Å². The van der Waals surface area contributed by atoms with Crippen molar-refractivity contribution in [1.29, 1.82) is 0 Å². The molecule has 0 aliphatic rings. The lowest BCUT2D eigenvalue weighted by molar-refractivity contribution is 0.242. The van der Waals surface area contributed by atoms with E-state index in [0.29, 0.717) is 17.9 Å². The lowest BCUT2D eigenvalue weighted by Crippen LogP contribution is -2.05. The largest absolute Gasteiger partial charge is 0.480 e. The zero-order chi connectivity index (χ0) is 16.4. The van der Waals surface area contributed by atoms with Crippen LogP contribution in [0.25, 0.3) is 11.1 Å². The molecule has 2 aromatic carbocycles. The molecule has 23 heavy (non-hydrogen) atoms. The molecular formula is C19H19NO3. The first-order valence-electron chi connectivity index (χ1n) is 7.48. The molecule has 0 amide bonds. The van der Waals surface area contributed by atoms with Crippen LogP contribution in [0.3, 0.4) is 0 Å². The number of aryl methyl sites for hydroxylation is 2. The number of rotatable bonds is 4. The second-order valence-electron chi connectivity index (χ2n) is 5.55. The Bertz CT molecular complexity index is 875. The molecule has 0 bridgehead atoms. The van der Waals surface area contributed by atoms with Crippen LogP contribution in [0.5, 0.6) is 5.88 Å². The van der Waals surface area contributed by atoms with Gasteiger partial charge in [-0.25, -0.2) is 4.79 Å². The van der Waals surface area contributed by atoms with E-state index in [0.717, 1.165) is 22.3 Å². The van der Waals surface area contributed by atoms with Crippen molar-refractivity contribution in [3.63, 3.8) is 0 Å². The van der Waals surface area contributed by atoms with Crippen LogP contribution in [0.4, 0.5) is 0 Å². The van der Waals surface area contributed by atoms with Crippen molar-refractivity contribution < 1.29 is 9.26 Å². The summed E-state index contributed by atoms with van der Waals surface area (Å²) in [6.07, 6.45) is 0.485. The highest BCUT2D eigenvalue weighted by molar-refractivity contribution is 5.65. The Morgan fingerprint density at radius 3 is 2.52 bits per heavy atom. The van der Waals surface area contributed by atoms with Gasteiger partial charge in [-0.3, -0.25) is 0 Å². The molecule has 1 aromatic heterocycles. The number of ether oxygens (including phenoxy) is 1. The average molecular weight is 309 g/mol. The zero-order valence-electron chi connectivity index (χ0n) is 13.5. The minimum atomic E-state index is -0.353. The van der Waals surface area contributed by atoms with Gasteiger partial charge in [-0.05, 0) is 29.2 Å². The maximum Gasteiger partial charge on any atom is 0.365 e. The molecule has 0 saturated heterocycles. The Labute approximate surface area is 134 Å². The van der Waals surface area contributed by atoms with E-state index in [1.807, 2.05) is 25.1 Å². The first-order chi connectivity index (χ1) is 11.1. The van der Waals surface area contributed by atoms with E-state index >= 15 is 0 Å². The molecule has 4 heteroatoms. The smallest absolute Gasteiger partial charge is 0.365 e. The molecule has 0 aliphatic heterocycles. The van der Waals surface area contributed by atoms with Gasteiger partial charge in [0, 0.05) is 13.5 Å². The van der Waals surface area contributed by atoms with Crippen LogP contribution in [-0.4, -0.2) is 11.8 Å². The molecule has 0 radical (unpaired) electrons. The predicted molar refractivity (Wildman–Crippen MR) is 89.9 cm³/mol. The fourth-order valence-electron chi connectivity index (χ4n) is 2.76. The summed E-state index contributed by atoms with van der Waals surface area (Å²) < 4.78 is 11.8. The van der Waals surface area contributed by atoms with E-state index in [2.05, 4.69) is 30.3 Å². The third-order valence-electron chi connectivity index (χ3n) is 4.03. The Balaban J connectivity index is 2.03. The minimum Gasteiger partial charge on any atom is -0.480 e. The number of aromatic nitrogens is 1. The van der Waals surface area contributed by atoms with Crippen molar-refractivity contribution >= 4 is 0 Å². The maximum absolute atomic E-state index is 12.0. The SMILES string of the molecule is COc1c(Cc2cc(-c3ccccc3)ccc2C)c(=O)on1C. The number of benzene rings is 2. The standard InChI is InChI=1S/C19H19NO3/c1-13-9-10-15(14-7-5-4-6-8-14)11-16(13)12-17-18(22-3)20(2)23-19(17)21/h4-11H,12H2,1-3H3. The summed E-state index contributed by atoms with van der Waals surface area (Å²) in [5, 5.41) is 0. The van der Waals surface area contributed by atoms with Crippen molar-refractivity contribution in [2.24, 2.45) is 7.05 Å². The van der Waals surface area contributed by atoms with Gasteiger partial charge in [0.05, 0.1) is 7.11 Å². The number of hydrogen-bond acceptors (Lipinski definition) is 3. The summed E-state index contributed by atoms with van der Waals surface area (Å²) in [5.41, 5.74) is 4.70. The quantitative estimate of drug-likeness (QED) is 0.740. The van der Waals surface area contributed by atoms with Crippen molar-refractivity contribution in [2.75, 3.05) is 7.11 Å². The maximum atomic E-state index is 12.0. The normalized spacial score (nSPS) is 10.7. The molecule has 0 unspecified atom stereocenters. The first kappa shape index (κ1) is 15.2. The second-order valence-corrected chi connectivity index (χ2v) is 5.55. The highest BCUT2D eigenvalue weighted by Crippen LogP contribution is 2.25. The summed E-state index contributed by atoms with van der Waals surface area (Å²) in [4.78, 5) is 12.0. The van der Waals surface area contributed by atoms with Gasteiger partial charge in [-0.2, -0.15) is 4.74 Å². The van der Waals surface area contributed by atoms with Gasteiger partial charge in [0.25, 0.3) is 0 Å². The lowest BCUT2D eigenvalue weighted by Gasteiger charge is -2.09. The lowest BCUT2D eigenvalue weighted by atomic mass is 9.96. The molecule has 0 fully saturated rings. The predicted octanol–water partition coefficient (Wildman–Crippen LogP) is 3.55. The molecule has 0 atom stereocenters. The number of nitrogens with zero attached hydrogens (tertiary/aromatic N) is 1. The van der Waals surface area contributed by atoms with Crippen LogP contribution >= 0.6 is 0 Å². The van der Waals surface area contributed by atoms with Crippen LogP contribution in [0.1, 0.15) is 16.7 Å².